The van der Waals surface area contributed by atoms with E-state index in [9.17, 15) is 4.39 Å². The lowest BCUT2D eigenvalue weighted by Crippen LogP contribution is -2.45. The van der Waals surface area contributed by atoms with Gasteiger partial charge in [0, 0.05) is 12.5 Å². The maximum Gasteiger partial charge on any atom is 0.241 e. The summed E-state index contributed by atoms with van der Waals surface area (Å²) in [6.45, 7) is 7.41. The molecule has 0 spiro atoms. The van der Waals surface area contributed by atoms with Crippen LogP contribution in [0.25, 0.3) is 5.52 Å². The third-order valence-corrected chi connectivity index (χ3v) is 4.38. The summed E-state index contributed by atoms with van der Waals surface area (Å²) >= 11 is 0. The van der Waals surface area contributed by atoms with Gasteiger partial charge >= 0.3 is 0 Å². The first-order valence-electron chi connectivity index (χ1n) is 7.93. The summed E-state index contributed by atoms with van der Waals surface area (Å²) in [6, 6.07) is -0.240. The molecule has 7 heteroatoms. The topological polar surface area (TPSA) is 67.1 Å². The Morgan fingerprint density at radius 1 is 1.55 bits per heavy atom. The van der Waals surface area contributed by atoms with E-state index in [4.69, 9.17) is 0 Å². The molecule has 2 aromatic rings. The Bertz CT molecular complexity index is 655. The lowest BCUT2D eigenvalue weighted by molar-refractivity contribution is 0.244. The first-order chi connectivity index (χ1) is 10.6. The van der Waals surface area contributed by atoms with E-state index in [1.54, 1.807) is 6.20 Å². The van der Waals surface area contributed by atoms with Crippen molar-refractivity contribution in [1.29, 1.82) is 0 Å². The van der Waals surface area contributed by atoms with Crippen molar-refractivity contribution in [3.8, 4) is 0 Å². The van der Waals surface area contributed by atoms with Crippen LogP contribution in [0.1, 0.15) is 44.1 Å². The van der Waals surface area contributed by atoms with Crippen LogP contribution < -0.4 is 10.6 Å². The fraction of sp³-hybridized carbons (Fsp3) is 0.667. The summed E-state index contributed by atoms with van der Waals surface area (Å²) < 4.78 is 15.8. The maximum atomic E-state index is 13.9. The number of hydrogen-bond acceptors (Lipinski definition) is 5. The Morgan fingerprint density at radius 3 is 3.09 bits per heavy atom. The van der Waals surface area contributed by atoms with Gasteiger partial charge in [0.1, 0.15) is 17.5 Å². The molecule has 0 saturated carbocycles. The molecule has 0 amide bonds. The predicted octanol–water partition coefficient (Wildman–Crippen LogP) is 2.06. The monoisotopic (exact) mass is 306 g/mol. The van der Waals surface area contributed by atoms with E-state index in [2.05, 4.69) is 39.5 Å². The fourth-order valence-electron chi connectivity index (χ4n) is 2.77. The van der Waals surface area contributed by atoms with Crippen LogP contribution in [0.3, 0.4) is 0 Å². The van der Waals surface area contributed by atoms with Crippen molar-refractivity contribution in [2.24, 2.45) is 0 Å². The molecular formula is C15H23FN6. The molecule has 22 heavy (non-hydrogen) atoms. The molecule has 120 valence electrons. The van der Waals surface area contributed by atoms with Gasteiger partial charge in [-0.2, -0.15) is 0 Å². The summed E-state index contributed by atoms with van der Waals surface area (Å²) in [7, 11) is 0. The standard InChI is InChI=1S/C15H23FN6/c1-4-9(2)14-19-10(3)13-8-18-15(21-22(13)14)20-12-5-6-17-7-11(12)16/h8-9,11-12,17H,4-7H2,1-3H3,(H,20,21)/t9?,11-,12-/m1/s1. The highest BCUT2D eigenvalue weighted by Crippen LogP contribution is 2.21. The van der Waals surface area contributed by atoms with E-state index in [1.165, 1.54) is 0 Å². The molecule has 3 heterocycles. The zero-order valence-corrected chi connectivity index (χ0v) is 13.3. The zero-order valence-electron chi connectivity index (χ0n) is 13.3. The highest BCUT2D eigenvalue weighted by atomic mass is 19.1. The van der Waals surface area contributed by atoms with Gasteiger partial charge in [-0.15, -0.1) is 5.10 Å². The summed E-state index contributed by atoms with van der Waals surface area (Å²) in [5.74, 6) is 1.71. The maximum absolute atomic E-state index is 13.9. The largest absolute Gasteiger partial charge is 0.347 e. The average molecular weight is 306 g/mol. The van der Waals surface area contributed by atoms with E-state index >= 15 is 0 Å². The van der Waals surface area contributed by atoms with E-state index < -0.39 is 6.17 Å². The molecule has 0 aliphatic carbocycles. The number of fused-ring (bicyclic) bond motifs is 1. The second kappa shape index (κ2) is 6.16. The number of nitrogens with one attached hydrogen (secondary N) is 2. The normalized spacial score (nSPS) is 23.6. The first-order valence-corrected chi connectivity index (χ1v) is 7.93. The minimum absolute atomic E-state index is 0.240. The van der Waals surface area contributed by atoms with Gasteiger partial charge in [-0.25, -0.2) is 18.9 Å². The lowest BCUT2D eigenvalue weighted by atomic mass is 10.1. The van der Waals surface area contributed by atoms with Gasteiger partial charge in [0.05, 0.1) is 17.9 Å². The van der Waals surface area contributed by atoms with Crippen molar-refractivity contribution in [2.75, 3.05) is 18.4 Å². The molecule has 6 nitrogen and oxygen atoms in total. The molecule has 0 radical (unpaired) electrons. The molecule has 1 unspecified atom stereocenters. The van der Waals surface area contributed by atoms with Gasteiger partial charge in [0.2, 0.25) is 5.95 Å². The predicted molar refractivity (Wildman–Crippen MR) is 84.0 cm³/mol. The van der Waals surface area contributed by atoms with E-state index in [0.717, 1.165) is 36.4 Å². The Hall–Kier alpha value is -1.76. The van der Waals surface area contributed by atoms with Gasteiger partial charge in [-0.1, -0.05) is 13.8 Å². The van der Waals surface area contributed by atoms with Crippen LogP contribution in [-0.2, 0) is 0 Å². The molecule has 0 aromatic carbocycles. The van der Waals surface area contributed by atoms with Crippen LogP contribution >= 0.6 is 0 Å². The van der Waals surface area contributed by atoms with E-state index in [0.29, 0.717) is 18.4 Å². The molecule has 3 rings (SSSR count). The Balaban J connectivity index is 1.91. The minimum atomic E-state index is -0.924. The van der Waals surface area contributed by atoms with Gasteiger partial charge in [0.15, 0.2) is 0 Å². The van der Waals surface area contributed by atoms with Crippen molar-refractivity contribution in [1.82, 2.24) is 24.9 Å². The van der Waals surface area contributed by atoms with Gasteiger partial charge < -0.3 is 10.6 Å². The molecule has 1 aliphatic rings. The molecular weight excluding hydrogens is 283 g/mol. The number of piperidine rings is 1. The Morgan fingerprint density at radius 2 is 2.36 bits per heavy atom. The quantitative estimate of drug-likeness (QED) is 0.905. The SMILES string of the molecule is CCC(C)c1nc(C)c2cnc(N[C@@H]3CCNC[C@H]3F)nn12. The van der Waals surface area contributed by atoms with Crippen LogP contribution in [0, 0.1) is 6.92 Å². The third kappa shape index (κ3) is 2.77. The molecule has 2 N–H and O–H groups in total. The molecule has 0 bridgehead atoms. The van der Waals surface area contributed by atoms with Gasteiger partial charge in [0.25, 0.3) is 0 Å². The first kappa shape index (κ1) is 15.1. The number of halogens is 1. The van der Waals surface area contributed by atoms with Crippen LogP contribution in [-0.4, -0.2) is 44.9 Å². The second-order valence-electron chi connectivity index (χ2n) is 6.00. The number of rotatable bonds is 4. The number of aryl methyl sites for hydroxylation is 1. The van der Waals surface area contributed by atoms with Crippen molar-refractivity contribution in [3.05, 3.63) is 17.7 Å². The Kier molecular flexibility index (Phi) is 4.24. The summed E-state index contributed by atoms with van der Waals surface area (Å²) in [5.41, 5.74) is 1.83. The smallest absolute Gasteiger partial charge is 0.241 e. The number of aromatic nitrogens is 4. The van der Waals surface area contributed by atoms with Crippen LogP contribution in [0.15, 0.2) is 6.20 Å². The van der Waals surface area contributed by atoms with Crippen LogP contribution in [0.2, 0.25) is 0 Å². The third-order valence-electron chi connectivity index (χ3n) is 4.38. The van der Waals surface area contributed by atoms with E-state index in [-0.39, 0.29) is 6.04 Å². The van der Waals surface area contributed by atoms with Crippen molar-refractivity contribution in [3.63, 3.8) is 0 Å². The molecule has 3 atom stereocenters. The summed E-state index contributed by atoms with van der Waals surface area (Å²) in [6.07, 6.45) is 2.56. The summed E-state index contributed by atoms with van der Waals surface area (Å²) in [4.78, 5) is 8.94. The molecule has 1 aliphatic heterocycles. The number of alkyl halides is 1. The molecule has 1 saturated heterocycles. The van der Waals surface area contributed by atoms with Crippen molar-refractivity contribution in [2.45, 2.75) is 51.7 Å². The number of anilines is 1. The highest BCUT2D eigenvalue weighted by Gasteiger charge is 2.25. The van der Waals surface area contributed by atoms with Crippen molar-refractivity contribution < 1.29 is 4.39 Å². The molecule has 1 fully saturated rings. The van der Waals surface area contributed by atoms with Gasteiger partial charge in [-0.05, 0) is 26.3 Å². The minimum Gasteiger partial charge on any atom is -0.347 e. The Labute approximate surface area is 129 Å². The highest BCUT2D eigenvalue weighted by molar-refractivity contribution is 5.51. The van der Waals surface area contributed by atoms with Gasteiger partial charge in [-0.3, -0.25) is 0 Å². The number of imidazole rings is 1. The number of hydrogen-bond donors (Lipinski definition) is 2. The average Bonchev–Trinajstić information content (AvgIpc) is 2.85. The lowest BCUT2D eigenvalue weighted by Gasteiger charge is -2.27. The zero-order chi connectivity index (χ0) is 15.7. The molecule has 2 aromatic heterocycles. The second-order valence-corrected chi connectivity index (χ2v) is 6.00. The fourth-order valence-corrected chi connectivity index (χ4v) is 2.77. The number of nitrogens with zero attached hydrogens (tertiary/aromatic N) is 4. The van der Waals surface area contributed by atoms with Crippen molar-refractivity contribution >= 4 is 11.5 Å². The van der Waals surface area contributed by atoms with Crippen LogP contribution in [0.5, 0.6) is 0 Å². The summed E-state index contributed by atoms with van der Waals surface area (Å²) in [5, 5.41) is 10.7. The van der Waals surface area contributed by atoms with E-state index in [1.807, 2.05) is 11.4 Å². The van der Waals surface area contributed by atoms with Crippen LogP contribution in [0.4, 0.5) is 10.3 Å².